The fourth-order valence-corrected chi connectivity index (χ4v) is 12.0. The number of esters is 1. The average molecular weight is 1080 g/mol. The van der Waals surface area contributed by atoms with Crippen LogP contribution in [0.15, 0.2) is 91.1 Å². The van der Waals surface area contributed by atoms with Gasteiger partial charge in [0.1, 0.15) is 23.3 Å². The zero-order valence-corrected chi connectivity index (χ0v) is 48.4. The smallest absolute Gasteiger partial charge is 0.412 e. The molecule has 3 aliphatic rings. The predicted molar refractivity (Wildman–Crippen MR) is 299 cm³/mol. The lowest BCUT2D eigenvalue weighted by Crippen LogP contribution is -2.61. The molecule has 17 nitrogen and oxygen atoms in total. The molecule has 4 heterocycles. The monoisotopic (exact) mass is 1080 g/mol. The lowest BCUT2D eigenvalue weighted by molar-refractivity contribution is -0.282. The molecule has 0 saturated carbocycles. The van der Waals surface area contributed by atoms with E-state index in [0.29, 0.717) is 56.7 Å². The molecule has 3 aliphatic heterocycles. The van der Waals surface area contributed by atoms with Crippen LogP contribution in [0.2, 0.25) is 0 Å². The molecule has 2 unspecified atom stereocenters. The van der Waals surface area contributed by atoms with Crippen molar-refractivity contribution in [1.82, 2.24) is 30.1 Å². The molecular formula is C61H87N7O10. The van der Waals surface area contributed by atoms with Gasteiger partial charge in [0, 0.05) is 68.5 Å². The maximum Gasteiger partial charge on any atom is 0.412 e. The standard InChI is InChI=1S/C61H87N7O10/c1-14-51-61(12)53(68(58(72)78-61)31-22-21-30-67-38-49(64-65-67)47-28-23-29-48(33-47)63-57(71)77-59(8,9)10)44(7)62-35-39(2)34-60(11,73-13)54(42(5)52(69)43(6)55(70)75-51)76-56-41(4)50(32-40(3)74-56)66(36-45-24-17-15-18-25-45)37-46-26-19-16-20-27-46/h15-20,23-29,33,38-44,50-51,53-54,56,62H,14,21-22,30-32,34-37H2,1-13H3,(H,63,71)/t39-,40-,41?,42+,43-,44-,50?,51-,53-,54-,56+,60-,61-/m1/s1. The molecule has 0 bridgehead atoms. The number of aromatic nitrogens is 3. The van der Waals surface area contributed by atoms with Gasteiger partial charge in [0.05, 0.1) is 30.0 Å². The number of ether oxygens (including phenoxy) is 6. The van der Waals surface area contributed by atoms with E-state index in [1.807, 2.05) is 91.9 Å². The molecule has 7 rings (SSSR count). The lowest BCUT2D eigenvalue weighted by atomic mass is 9.78. The van der Waals surface area contributed by atoms with Crippen molar-refractivity contribution in [3.05, 3.63) is 102 Å². The number of hydrogen-bond acceptors (Lipinski definition) is 14. The summed E-state index contributed by atoms with van der Waals surface area (Å²) in [5, 5.41) is 15.3. The van der Waals surface area contributed by atoms with Gasteiger partial charge in [-0.05, 0) is 123 Å². The second-order valence-electron chi connectivity index (χ2n) is 23.7. The van der Waals surface area contributed by atoms with E-state index in [4.69, 9.17) is 28.4 Å². The maximum absolute atomic E-state index is 14.9. The highest BCUT2D eigenvalue weighted by Gasteiger charge is 2.59. The van der Waals surface area contributed by atoms with E-state index in [1.54, 1.807) is 29.7 Å². The van der Waals surface area contributed by atoms with Crippen LogP contribution < -0.4 is 10.6 Å². The van der Waals surface area contributed by atoms with Crippen molar-refractivity contribution in [2.75, 3.05) is 25.5 Å². The van der Waals surface area contributed by atoms with E-state index in [9.17, 15) is 19.2 Å². The molecule has 2 N–H and O–H groups in total. The number of anilines is 1. The van der Waals surface area contributed by atoms with Crippen LogP contribution in [0.3, 0.4) is 0 Å². The van der Waals surface area contributed by atoms with Crippen molar-refractivity contribution in [3.8, 4) is 11.3 Å². The average Bonchev–Trinajstić information content (AvgIpc) is 4.05. The molecule has 4 aromatic rings. The van der Waals surface area contributed by atoms with Gasteiger partial charge in [-0.2, -0.15) is 0 Å². The van der Waals surface area contributed by atoms with Crippen molar-refractivity contribution in [2.45, 2.75) is 194 Å². The number of methoxy groups -OCH3 is 1. The van der Waals surface area contributed by atoms with Crippen molar-refractivity contribution in [1.29, 1.82) is 0 Å². The zero-order chi connectivity index (χ0) is 56.5. The van der Waals surface area contributed by atoms with Crippen LogP contribution in [-0.4, -0.2) is 128 Å². The number of amides is 2. The largest absolute Gasteiger partial charge is 0.458 e. The summed E-state index contributed by atoms with van der Waals surface area (Å²) in [7, 11) is 1.66. The van der Waals surface area contributed by atoms with Crippen LogP contribution in [0.25, 0.3) is 11.3 Å². The summed E-state index contributed by atoms with van der Waals surface area (Å²) >= 11 is 0. The summed E-state index contributed by atoms with van der Waals surface area (Å²) in [6.45, 7) is 25.9. The Hall–Kier alpha value is -5.72. The third-order valence-corrected chi connectivity index (χ3v) is 16.1. The molecule has 17 heteroatoms. The summed E-state index contributed by atoms with van der Waals surface area (Å²) < 4.78 is 40.3. The second kappa shape index (κ2) is 26.0. The Kier molecular flexibility index (Phi) is 20.0. The SMILES string of the molecule is CC[C@H]1OC(=O)[C@H](C)C(=O)[C@H](C)[C@@H](O[C@@H]2O[C@H](C)CC(N(Cc3ccccc3)Cc3ccccc3)C2C)[C@](C)(OC)C[C@@H](C)CN[C@H](C)[C@H]2N(CCCCn3cc(-c4cccc(NC(=O)OC(C)(C)C)c4)nn3)C(=O)O[C@]12C. The molecule has 3 saturated heterocycles. The van der Waals surface area contributed by atoms with Gasteiger partial charge in [0.15, 0.2) is 17.7 Å². The first kappa shape index (κ1) is 59.9. The summed E-state index contributed by atoms with van der Waals surface area (Å²) in [4.78, 5) is 60.1. The van der Waals surface area contributed by atoms with E-state index in [0.717, 1.165) is 25.1 Å². The fraction of sp³-hybridized carbons (Fsp3) is 0.607. The number of rotatable bonds is 16. The molecule has 0 aliphatic carbocycles. The van der Waals surface area contributed by atoms with Gasteiger partial charge in [0.25, 0.3) is 0 Å². The zero-order valence-electron chi connectivity index (χ0n) is 48.4. The molecule has 1 aromatic heterocycles. The highest BCUT2D eigenvalue weighted by molar-refractivity contribution is 6.00. The van der Waals surface area contributed by atoms with Gasteiger partial charge in [-0.25, -0.2) is 9.59 Å². The van der Waals surface area contributed by atoms with E-state index in [-0.39, 0.29) is 35.8 Å². The fourth-order valence-electron chi connectivity index (χ4n) is 12.0. The number of cyclic esters (lactones) is 1. The predicted octanol–water partition coefficient (Wildman–Crippen LogP) is 10.5. The third-order valence-electron chi connectivity index (χ3n) is 16.1. The van der Waals surface area contributed by atoms with Crippen LogP contribution in [0.1, 0.15) is 126 Å². The van der Waals surface area contributed by atoms with Crippen LogP contribution in [0.4, 0.5) is 15.3 Å². The number of fused-ring (bicyclic) bond motifs is 1. The number of carbonyl (C=O) groups excluding carboxylic acids is 4. The third kappa shape index (κ3) is 14.7. The molecule has 0 radical (unpaired) electrons. The molecule has 3 fully saturated rings. The van der Waals surface area contributed by atoms with Crippen LogP contribution in [0, 0.1) is 23.7 Å². The molecule has 0 spiro atoms. The summed E-state index contributed by atoms with van der Waals surface area (Å²) in [6.07, 6.45) is 1.18. The number of Topliss-reactive ketones (excluding diaryl/α,β-unsaturated/α-hetero) is 1. The van der Waals surface area contributed by atoms with E-state index < -0.39 is 71.3 Å². The Bertz CT molecular complexity index is 2570. The summed E-state index contributed by atoms with van der Waals surface area (Å²) in [5.74, 6) is -3.14. The molecule has 78 heavy (non-hydrogen) atoms. The first-order valence-corrected chi connectivity index (χ1v) is 28.2. The first-order valence-electron chi connectivity index (χ1n) is 28.2. The minimum Gasteiger partial charge on any atom is -0.458 e. The number of carbonyl (C=O) groups is 4. The molecule has 13 atom stereocenters. The lowest BCUT2D eigenvalue weighted by Gasteiger charge is -2.48. The molecule has 2 amide bonds. The number of nitrogens with one attached hydrogen (secondary N) is 2. The Labute approximate surface area is 462 Å². The first-order chi connectivity index (χ1) is 37.0. The number of benzene rings is 3. The van der Waals surface area contributed by atoms with Gasteiger partial charge in [-0.15, -0.1) is 5.10 Å². The Balaban J connectivity index is 1.07. The topological polar surface area (TPSA) is 185 Å². The molecular weight excluding hydrogens is 991 g/mol. The van der Waals surface area contributed by atoms with Crippen molar-refractivity contribution < 1.29 is 47.6 Å². The number of aryl methyl sites for hydroxylation is 1. The minimum atomic E-state index is -1.26. The molecule has 426 valence electrons. The van der Waals surface area contributed by atoms with E-state index in [2.05, 4.69) is 95.1 Å². The maximum atomic E-state index is 14.9. The normalized spacial score (nSPS) is 30.5. The highest BCUT2D eigenvalue weighted by atomic mass is 16.7. The number of hydrogen-bond donors (Lipinski definition) is 2. The van der Waals surface area contributed by atoms with Gasteiger partial charge < -0.3 is 33.7 Å². The minimum absolute atomic E-state index is 0.00849. The van der Waals surface area contributed by atoms with Gasteiger partial charge in [0.2, 0.25) is 0 Å². The highest BCUT2D eigenvalue weighted by Crippen LogP contribution is 2.41. The van der Waals surface area contributed by atoms with Crippen LogP contribution >= 0.6 is 0 Å². The quantitative estimate of drug-likeness (QED) is 0.0467. The second-order valence-corrected chi connectivity index (χ2v) is 23.7. The van der Waals surface area contributed by atoms with E-state index in [1.165, 1.54) is 11.1 Å². The Morgan fingerprint density at radius 1 is 0.897 bits per heavy atom. The van der Waals surface area contributed by atoms with Crippen molar-refractivity contribution >= 4 is 29.6 Å². The number of ketones is 1. The van der Waals surface area contributed by atoms with Crippen molar-refractivity contribution in [2.24, 2.45) is 23.7 Å². The summed E-state index contributed by atoms with van der Waals surface area (Å²) in [5.41, 5.74) is 1.51. The van der Waals surface area contributed by atoms with Gasteiger partial charge in [-0.3, -0.25) is 29.4 Å². The van der Waals surface area contributed by atoms with Gasteiger partial charge >= 0.3 is 18.2 Å². The van der Waals surface area contributed by atoms with Gasteiger partial charge in [-0.1, -0.05) is 106 Å². The number of nitrogens with zero attached hydrogens (tertiary/aromatic N) is 5. The summed E-state index contributed by atoms with van der Waals surface area (Å²) in [6, 6.07) is 27.5. The Morgan fingerprint density at radius 2 is 1.55 bits per heavy atom. The van der Waals surface area contributed by atoms with Crippen molar-refractivity contribution in [3.63, 3.8) is 0 Å². The number of unbranched alkanes of at least 4 members (excludes halogenated alkanes) is 1. The Morgan fingerprint density at radius 3 is 2.18 bits per heavy atom. The van der Waals surface area contributed by atoms with Crippen LogP contribution in [-0.2, 0) is 57.6 Å². The van der Waals surface area contributed by atoms with Crippen LogP contribution in [0.5, 0.6) is 0 Å². The van der Waals surface area contributed by atoms with E-state index >= 15 is 0 Å². The molecule has 3 aromatic carbocycles.